The van der Waals surface area contributed by atoms with Crippen molar-refractivity contribution in [2.45, 2.75) is 46.2 Å². The molecule has 3 rings (SSSR count). The summed E-state index contributed by atoms with van der Waals surface area (Å²) in [5.41, 5.74) is 6.54. The minimum absolute atomic E-state index is 0.111. The molecule has 1 aliphatic carbocycles. The van der Waals surface area contributed by atoms with Crippen molar-refractivity contribution < 1.29 is 4.39 Å². The van der Waals surface area contributed by atoms with Crippen LogP contribution in [0.5, 0.6) is 0 Å². The van der Waals surface area contributed by atoms with Crippen molar-refractivity contribution in [2.75, 3.05) is 0 Å². The molecule has 1 nitrogen and oxygen atoms in total. The Bertz CT molecular complexity index is 648. The highest BCUT2D eigenvalue weighted by Crippen LogP contribution is 2.30. The highest BCUT2D eigenvalue weighted by Gasteiger charge is 2.20. The van der Waals surface area contributed by atoms with Crippen LogP contribution in [-0.2, 0) is 6.54 Å². The van der Waals surface area contributed by atoms with Gasteiger partial charge in [0, 0.05) is 18.2 Å². The van der Waals surface area contributed by atoms with Crippen molar-refractivity contribution in [3.8, 4) is 11.1 Å². The van der Waals surface area contributed by atoms with Gasteiger partial charge in [-0.2, -0.15) is 0 Å². The minimum Gasteiger partial charge on any atom is -0.310 e. The maximum Gasteiger partial charge on any atom is 0.128 e. The van der Waals surface area contributed by atoms with Crippen molar-refractivity contribution >= 4 is 0 Å². The number of aryl methyl sites for hydroxylation is 3. The fourth-order valence-electron chi connectivity index (χ4n) is 3.02. The Labute approximate surface area is 126 Å². The number of benzene rings is 2. The Balaban J connectivity index is 1.90. The molecule has 0 unspecified atom stereocenters. The van der Waals surface area contributed by atoms with Gasteiger partial charge in [-0.25, -0.2) is 4.39 Å². The molecule has 0 radical (unpaired) electrons. The van der Waals surface area contributed by atoms with Gasteiger partial charge in [0.25, 0.3) is 0 Å². The van der Waals surface area contributed by atoms with Crippen molar-refractivity contribution in [3.63, 3.8) is 0 Å². The first kappa shape index (κ1) is 14.3. The van der Waals surface area contributed by atoms with Crippen LogP contribution in [0.4, 0.5) is 4.39 Å². The van der Waals surface area contributed by atoms with Gasteiger partial charge in [-0.3, -0.25) is 0 Å². The lowest BCUT2D eigenvalue weighted by Gasteiger charge is -2.13. The van der Waals surface area contributed by atoms with Gasteiger partial charge >= 0.3 is 0 Å². The number of hydrogen-bond acceptors (Lipinski definition) is 1. The van der Waals surface area contributed by atoms with Gasteiger partial charge in [0.2, 0.25) is 0 Å². The van der Waals surface area contributed by atoms with Crippen LogP contribution in [0.2, 0.25) is 0 Å². The first-order valence-electron chi connectivity index (χ1n) is 7.64. The summed E-state index contributed by atoms with van der Waals surface area (Å²) in [5.74, 6) is -0.111. The fourth-order valence-corrected chi connectivity index (χ4v) is 3.02. The summed E-state index contributed by atoms with van der Waals surface area (Å²) in [4.78, 5) is 0. The standard InChI is InChI=1S/C19H22FN/c1-12-8-13(2)19(14(3)9-12)15-4-5-16(18(20)10-15)11-21-17-6-7-17/h4-5,8-10,17,21H,6-7,11H2,1-3H3. The zero-order chi connectivity index (χ0) is 15.0. The quantitative estimate of drug-likeness (QED) is 0.859. The van der Waals surface area contributed by atoms with Crippen LogP contribution < -0.4 is 5.32 Å². The fraction of sp³-hybridized carbons (Fsp3) is 0.368. The van der Waals surface area contributed by atoms with E-state index < -0.39 is 0 Å². The van der Waals surface area contributed by atoms with E-state index in [0.717, 1.165) is 16.7 Å². The molecule has 2 aromatic rings. The third kappa shape index (κ3) is 3.16. The summed E-state index contributed by atoms with van der Waals surface area (Å²) < 4.78 is 14.3. The molecular formula is C19H22FN. The van der Waals surface area contributed by atoms with Gasteiger partial charge in [0.05, 0.1) is 0 Å². The summed E-state index contributed by atoms with van der Waals surface area (Å²) in [6.07, 6.45) is 2.45. The molecular weight excluding hydrogens is 261 g/mol. The minimum atomic E-state index is -0.111. The predicted octanol–water partition coefficient (Wildman–Crippen LogP) is 4.67. The maximum atomic E-state index is 14.3. The topological polar surface area (TPSA) is 12.0 Å². The van der Waals surface area contributed by atoms with Crippen LogP contribution >= 0.6 is 0 Å². The third-order valence-electron chi connectivity index (χ3n) is 4.18. The molecule has 0 bridgehead atoms. The SMILES string of the molecule is Cc1cc(C)c(-c2ccc(CNC3CC3)c(F)c2)c(C)c1. The molecule has 0 amide bonds. The highest BCUT2D eigenvalue weighted by molar-refractivity contribution is 5.71. The van der Waals surface area contributed by atoms with E-state index in [9.17, 15) is 4.39 Å². The van der Waals surface area contributed by atoms with Crippen LogP contribution in [0.1, 0.15) is 35.1 Å². The van der Waals surface area contributed by atoms with Crippen LogP contribution in [-0.4, -0.2) is 6.04 Å². The van der Waals surface area contributed by atoms with Crippen LogP contribution in [0.3, 0.4) is 0 Å². The van der Waals surface area contributed by atoms with E-state index in [1.807, 2.05) is 12.1 Å². The maximum absolute atomic E-state index is 14.3. The van der Waals surface area contributed by atoms with E-state index in [0.29, 0.717) is 12.6 Å². The number of nitrogens with one attached hydrogen (secondary N) is 1. The van der Waals surface area contributed by atoms with E-state index >= 15 is 0 Å². The molecule has 0 atom stereocenters. The Hall–Kier alpha value is -1.67. The van der Waals surface area contributed by atoms with Gasteiger partial charge in [-0.1, -0.05) is 29.8 Å². The number of halogens is 1. The molecule has 21 heavy (non-hydrogen) atoms. The van der Waals surface area contributed by atoms with E-state index in [1.54, 1.807) is 6.07 Å². The van der Waals surface area contributed by atoms with E-state index in [4.69, 9.17) is 0 Å². The second-order valence-corrected chi connectivity index (χ2v) is 6.24. The molecule has 0 heterocycles. The molecule has 1 fully saturated rings. The predicted molar refractivity (Wildman–Crippen MR) is 85.9 cm³/mol. The molecule has 1 N–H and O–H groups in total. The zero-order valence-electron chi connectivity index (χ0n) is 13.0. The largest absolute Gasteiger partial charge is 0.310 e. The van der Waals surface area contributed by atoms with Gasteiger partial charge in [-0.05, 0) is 61.9 Å². The van der Waals surface area contributed by atoms with Crippen molar-refractivity contribution in [1.29, 1.82) is 0 Å². The molecule has 0 aromatic heterocycles. The summed E-state index contributed by atoms with van der Waals surface area (Å²) in [6.45, 7) is 6.91. The average Bonchev–Trinajstić information content (AvgIpc) is 3.20. The van der Waals surface area contributed by atoms with Crippen LogP contribution in [0.15, 0.2) is 30.3 Å². The molecule has 1 saturated carbocycles. The molecule has 1 aliphatic rings. The Kier molecular flexibility index (Phi) is 3.81. The normalized spacial score (nSPS) is 14.5. The summed E-state index contributed by atoms with van der Waals surface area (Å²) >= 11 is 0. The monoisotopic (exact) mass is 283 g/mol. The molecule has 2 heteroatoms. The lowest BCUT2D eigenvalue weighted by Crippen LogP contribution is -2.16. The molecule has 2 aromatic carbocycles. The first-order chi connectivity index (χ1) is 10.0. The van der Waals surface area contributed by atoms with Gasteiger partial charge in [0.1, 0.15) is 5.82 Å². The number of hydrogen-bond donors (Lipinski definition) is 1. The molecule has 0 aliphatic heterocycles. The smallest absolute Gasteiger partial charge is 0.128 e. The second kappa shape index (κ2) is 5.61. The Morgan fingerprint density at radius 2 is 1.71 bits per heavy atom. The lowest BCUT2D eigenvalue weighted by atomic mass is 9.93. The van der Waals surface area contributed by atoms with Gasteiger partial charge < -0.3 is 5.32 Å². The second-order valence-electron chi connectivity index (χ2n) is 6.24. The van der Waals surface area contributed by atoms with Crippen LogP contribution in [0.25, 0.3) is 11.1 Å². The number of rotatable bonds is 4. The van der Waals surface area contributed by atoms with Crippen molar-refractivity contribution in [3.05, 3.63) is 58.4 Å². The first-order valence-corrected chi connectivity index (χ1v) is 7.64. The van der Waals surface area contributed by atoms with Crippen molar-refractivity contribution in [2.24, 2.45) is 0 Å². The van der Waals surface area contributed by atoms with Gasteiger partial charge in [0.15, 0.2) is 0 Å². The Morgan fingerprint density at radius 3 is 2.29 bits per heavy atom. The zero-order valence-corrected chi connectivity index (χ0v) is 13.0. The highest BCUT2D eigenvalue weighted by atomic mass is 19.1. The van der Waals surface area contributed by atoms with E-state index in [-0.39, 0.29) is 5.82 Å². The molecule has 0 spiro atoms. The van der Waals surface area contributed by atoms with E-state index in [1.165, 1.54) is 29.5 Å². The van der Waals surface area contributed by atoms with Crippen molar-refractivity contribution in [1.82, 2.24) is 5.32 Å². The lowest BCUT2D eigenvalue weighted by molar-refractivity contribution is 0.587. The average molecular weight is 283 g/mol. The summed E-state index contributed by atoms with van der Waals surface area (Å²) in [6, 6.07) is 10.5. The molecule has 0 saturated heterocycles. The summed E-state index contributed by atoms with van der Waals surface area (Å²) in [7, 11) is 0. The molecule has 110 valence electrons. The third-order valence-corrected chi connectivity index (χ3v) is 4.18. The van der Waals surface area contributed by atoms with E-state index in [2.05, 4.69) is 38.2 Å². The van der Waals surface area contributed by atoms with Gasteiger partial charge in [-0.15, -0.1) is 0 Å². The summed E-state index contributed by atoms with van der Waals surface area (Å²) in [5, 5.41) is 3.36. The van der Waals surface area contributed by atoms with Crippen LogP contribution in [0, 0.1) is 26.6 Å². The Morgan fingerprint density at radius 1 is 1.05 bits per heavy atom.